The van der Waals surface area contributed by atoms with Crippen LogP contribution in [0.15, 0.2) is 105 Å². The molecule has 5 aromatic rings. The van der Waals surface area contributed by atoms with E-state index in [-0.39, 0.29) is 0 Å². The number of hydrogen-bond donors (Lipinski definition) is 2. The molecule has 0 unspecified atom stereocenters. The van der Waals surface area contributed by atoms with E-state index in [9.17, 15) is 0 Å². The van der Waals surface area contributed by atoms with Gasteiger partial charge in [0, 0.05) is 92.5 Å². The Morgan fingerprint density at radius 1 is 0.667 bits per heavy atom. The molecule has 0 radical (unpaired) electrons. The first-order valence-electron chi connectivity index (χ1n) is 13.9. The highest BCUT2D eigenvalue weighted by Gasteiger charge is 2.11. The average Bonchev–Trinajstić information content (AvgIpc) is 3.05. The molecule has 0 fully saturated rings. The monoisotopic (exact) mass is 1230 g/mol. The third kappa shape index (κ3) is 17.3. The van der Waals surface area contributed by atoms with Crippen molar-refractivity contribution < 1.29 is 10.0 Å². The Labute approximate surface area is 360 Å². The van der Waals surface area contributed by atoms with Crippen molar-refractivity contribution in [3.05, 3.63) is 135 Å². The fraction of sp³-hybridized carbons (Fsp3) is 0.182. The molecule has 5 rings (SSSR count). The average molecular weight is 1240 g/mol. The summed E-state index contributed by atoms with van der Waals surface area (Å²) < 4.78 is 3.77. The fourth-order valence-electron chi connectivity index (χ4n) is 3.60. The van der Waals surface area contributed by atoms with Crippen LogP contribution in [0.5, 0.6) is 0 Å². The molecule has 2 aromatic carbocycles. The highest BCUT2D eigenvalue weighted by atomic mass is 128. The van der Waals surface area contributed by atoms with Gasteiger partial charge in [0.15, 0.2) is 0 Å². The quantitative estimate of drug-likeness (QED) is 0.138. The predicted octanol–water partition coefficient (Wildman–Crippen LogP) is 13.1. The summed E-state index contributed by atoms with van der Waals surface area (Å²) in [5.41, 5.74) is 5.11. The molecular weight excluding hydrogens is 1210 g/mol. The lowest BCUT2D eigenvalue weighted by Crippen LogP contribution is -2.29. The van der Waals surface area contributed by atoms with Crippen LogP contribution in [0, 0.1) is 3.57 Å². The first-order valence-corrected chi connectivity index (χ1v) is 24.8. The van der Waals surface area contributed by atoms with Gasteiger partial charge in [-0.25, -0.2) is 0 Å². The molecule has 256 valence electrons. The number of pyridine rings is 3. The Balaban J connectivity index is 0.000000328. The van der Waals surface area contributed by atoms with E-state index < -0.39 is 7.12 Å². The van der Waals surface area contributed by atoms with Crippen molar-refractivity contribution in [2.75, 3.05) is 0 Å². The standard InChI is InChI=1S/C14H13BrClN.C9H13BO2.C5H2BrClIN.C5H3BrClN.I2/c1-9(2)10-4-3-5-11(6-10)14-12(15)7-17-8-13(14)16;1-7(2)8-4-3-5-9(6-8)10(11)12;6-3-1-9-2-4(7)5(3)8;6-4-1-5(7)3-8-2-4;1-2/h3-9H,1-2H3;3-7,11-12H,1-2H3;1-2H;1-3H;. The molecule has 0 saturated carbocycles. The van der Waals surface area contributed by atoms with E-state index in [1.807, 2.05) is 18.2 Å². The number of rotatable bonds is 4. The lowest BCUT2D eigenvalue weighted by Gasteiger charge is -2.10. The van der Waals surface area contributed by atoms with Gasteiger partial charge in [-0.3, -0.25) is 15.0 Å². The number of hydrogen-bond acceptors (Lipinski definition) is 5. The number of nitrogens with zero attached hydrogens (tertiary/aromatic N) is 3. The van der Waals surface area contributed by atoms with Crippen molar-refractivity contribution in [3.63, 3.8) is 0 Å². The second-order valence-electron chi connectivity index (χ2n) is 10.2. The molecule has 15 heteroatoms. The van der Waals surface area contributed by atoms with Crippen LogP contribution in [0.1, 0.15) is 50.7 Å². The van der Waals surface area contributed by atoms with Crippen LogP contribution in [-0.2, 0) is 0 Å². The molecule has 5 nitrogen and oxygen atoms in total. The van der Waals surface area contributed by atoms with E-state index in [1.165, 1.54) is 5.56 Å². The van der Waals surface area contributed by atoms with E-state index in [1.54, 1.807) is 49.3 Å². The maximum absolute atomic E-state index is 8.89. The van der Waals surface area contributed by atoms with Gasteiger partial charge >= 0.3 is 7.12 Å². The van der Waals surface area contributed by atoms with Gasteiger partial charge in [0.1, 0.15) is 0 Å². The predicted molar refractivity (Wildman–Crippen MR) is 241 cm³/mol. The molecule has 0 aliphatic carbocycles. The maximum atomic E-state index is 8.89. The third-order valence-corrected chi connectivity index (χ3v) is 10.7. The lowest BCUT2D eigenvalue weighted by atomic mass is 9.79. The highest BCUT2D eigenvalue weighted by Crippen LogP contribution is 2.35. The van der Waals surface area contributed by atoms with E-state index in [0.717, 1.165) is 33.7 Å². The van der Waals surface area contributed by atoms with Crippen LogP contribution in [0.3, 0.4) is 0 Å². The zero-order valence-corrected chi connectivity index (χ0v) is 39.5. The van der Waals surface area contributed by atoms with Crippen molar-refractivity contribution in [2.45, 2.75) is 39.5 Å². The second kappa shape index (κ2) is 25.4. The van der Waals surface area contributed by atoms with Crippen LogP contribution in [0.25, 0.3) is 11.1 Å². The third-order valence-electron chi connectivity index (χ3n) is 6.04. The summed E-state index contributed by atoms with van der Waals surface area (Å²) in [6, 6.07) is 17.6. The molecular formula is C33H31BBr3Cl3I3N3O2. The highest BCUT2D eigenvalue weighted by molar-refractivity contribution is 15.0. The van der Waals surface area contributed by atoms with Gasteiger partial charge in [-0.1, -0.05) is 111 Å². The summed E-state index contributed by atoms with van der Waals surface area (Å²) in [6.07, 6.45) is 10.0. The van der Waals surface area contributed by atoms with Gasteiger partial charge < -0.3 is 10.0 Å². The molecule has 48 heavy (non-hydrogen) atoms. The van der Waals surface area contributed by atoms with Crippen molar-refractivity contribution >= 4 is 155 Å². The second-order valence-corrected chi connectivity index (χ2v) is 15.1. The Bertz CT molecular complexity index is 1630. The molecule has 0 bridgehead atoms. The Hall–Kier alpha value is 0.375. The number of aromatic nitrogens is 3. The lowest BCUT2D eigenvalue weighted by molar-refractivity contribution is 0.425. The van der Waals surface area contributed by atoms with Crippen LogP contribution < -0.4 is 5.46 Å². The molecule has 0 spiro atoms. The van der Waals surface area contributed by atoms with Crippen LogP contribution in [0.4, 0.5) is 0 Å². The molecule has 3 heterocycles. The van der Waals surface area contributed by atoms with Crippen LogP contribution in [-0.4, -0.2) is 32.1 Å². The van der Waals surface area contributed by atoms with E-state index in [0.29, 0.717) is 32.4 Å². The molecule has 0 atom stereocenters. The summed E-state index contributed by atoms with van der Waals surface area (Å²) in [7, 11) is -1.36. The van der Waals surface area contributed by atoms with Gasteiger partial charge in [-0.2, -0.15) is 0 Å². The summed E-state index contributed by atoms with van der Waals surface area (Å²) >= 11 is 33.9. The molecule has 2 N–H and O–H groups in total. The normalized spacial score (nSPS) is 9.94. The zero-order valence-electron chi connectivity index (χ0n) is 26.0. The summed E-state index contributed by atoms with van der Waals surface area (Å²) in [4.78, 5) is 11.7. The summed E-state index contributed by atoms with van der Waals surface area (Å²) in [5, 5.41) is 19.8. The largest absolute Gasteiger partial charge is 0.488 e. The summed E-state index contributed by atoms with van der Waals surface area (Å²) in [5.74, 6) is 0.929. The Morgan fingerprint density at radius 2 is 1.19 bits per heavy atom. The number of benzene rings is 2. The van der Waals surface area contributed by atoms with E-state index >= 15 is 0 Å². The minimum Gasteiger partial charge on any atom is -0.423 e. The first kappa shape index (κ1) is 46.4. The molecule has 0 amide bonds. The number of halogens is 9. The minimum absolute atomic E-state index is 0.420. The minimum atomic E-state index is -1.36. The summed E-state index contributed by atoms with van der Waals surface area (Å²) in [6.45, 7) is 8.51. The Kier molecular flexibility index (Phi) is 24.5. The van der Waals surface area contributed by atoms with Gasteiger partial charge in [0.05, 0.1) is 19.5 Å². The van der Waals surface area contributed by atoms with Crippen LogP contribution >= 0.6 is 142 Å². The van der Waals surface area contributed by atoms with Crippen molar-refractivity contribution in [3.8, 4) is 11.1 Å². The van der Waals surface area contributed by atoms with Crippen molar-refractivity contribution in [1.82, 2.24) is 15.0 Å². The molecule has 0 saturated heterocycles. The van der Waals surface area contributed by atoms with Gasteiger partial charge in [0.25, 0.3) is 0 Å². The van der Waals surface area contributed by atoms with Gasteiger partial charge in [-0.05, 0) is 110 Å². The molecule has 3 aromatic heterocycles. The van der Waals surface area contributed by atoms with Crippen LogP contribution in [0.2, 0.25) is 15.1 Å². The van der Waals surface area contributed by atoms with E-state index in [4.69, 9.17) is 44.9 Å². The topological polar surface area (TPSA) is 79.1 Å². The van der Waals surface area contributed by atoms with Gasteiger partial charge in [-0.15, -0.1) is 0 Å². The zero-order chi connectivity index (χ0) is 36.4. The van der Waals surface area contributed by atoms with E-state index in [2.05, 4.69) is 175 Å². The van der Waals surface area contributed by atoms with Crippen molar-refractivity contribution in [1.29, 1.82) is 0 Å². The smallest absolute Gasteiger partial charge is 0.423 e. The van der Waals surface area contributed by atoms with Gasteiger partial charge in [0.2, 0.25) is 0 Å². The fourth-order valence-corrected chi connectivity index (χ4v) is 6.10. The van der Waals surface area contributed by atoms with Crippen molar-refractivity contribution in [2.24, 2.45) is 0 Å². The molecule has 0 aliphatic rings. The Morgan fingerprint density at radius 3 is 1.65 bits per heavy atom. The maximum Gasteiger partial charge on any atom is 0.488 e. The SMILES string of the molecule is CC(C)c1cccc(-c2c(Cl)cncc2Br)c1.CC(C)c1cccc(B(O)O)c1.Clc1cncc(Br)c1.Clc1cncc(Br)c1I.II. The molecule has 0 aliphatic heterocycles. The first-order chi connectivity index (χ1) is 22.7.